The van der Waals surface area contributed by atoms with E-state index in [1.165, 1.54) is 19.3 Å². The Labute approximate surface area is 108 Å². The average Bonchev–Trinajstić information content (AvgIpc) is 2.54. The van der Waals surface area contributed by atoms with Gasteiger partial charge in [0.2, 0.25) is 0 Å². The van der Waals surface area contributed by atoms with Crippen molar-refractivity contribution in [2.24, 2.45) is 0 Å². The highest BCUT2D eigenvalue weighted by atomic mass is 16.5. The van der Waals surface area contributed by atoms with Gasteiger partial charge in [-0.15, -0.1) is 0 Å². The quantitative estimate of drug-likeness (QED) is 0.815. The van der Waals surface area contributed by atoms with Crippen molar-refractivity contribution in [3.05, 3.63) is 24.5 Å². The maximum absolute atomic E-state index is 5.96. The first-order valence-electron chi connectivity index (χ1n) is 6.80. The van der Waals surface area contributed by atoms with Gasteiger partial charge in [0.05, 0.1) is 19.4 Å². The Morgan fingerprint density at radius 2 is 2.33 bits per heavy atom. The number of ether oxygens (including phenoxy) is 2. The summed E-state index contributed by atoms with van der Waals surface area (Å²) in [6.07, 6.45) is 7.68. The molecule has 4 nitrogen and oxygen atoms in total. The van der Waals surface area contributed by atoms with E-state index < -0.39 is 0 Å². The largest absolute Gasteiger partial charge is 0.485 e. The molecule has 1 aromatic heterocycles. The lowest BCUT2D eigenvalue weighted by atomic mass is 9.91. The number of hydrogen-bond acceptors (Lipinski definition) is 4. The standard InChI is InChI=1S/C14H20N2O2/c1-3-12(4-1)16-7-8-17-11-14(10-16)18-13-5-2-6-15-9-13/h2,5-6,9,12,14H,1,3-4,7-8,10-11H2/t14-/m1/s1. The van der Waals surface area contributed by atoms with Crippen molar-refractivity contribution >= 4 is 0 Å². The van der Waals surface area contributed by atoms with E-state index in [0.29, 0.717) is 6.61 Å². The lowest BCUT2D eigenvalue weighted by Gasteiger charge is -2.37. The Balaban J connectivity index is 1.60. The van der Waals surface area contributed by atoms with Gasteiger partial charge in [0.1, 0.15) is 11.9 Å². The molecule has 4 heteroatoms. The van der Waals surface area contributed by atoms with Crippen LogP contribution in [0.3, 0.4) is 0 Å². The minimum atomic E-state index is 0.122. The van der Waals surface area contributed by atoms with E-state index >= 15 is 0 Å². The SMILES string of the molecule is c1cncc(O[C@H]2COCCN(C3CCC3)C2)c1. The summed E-state index contributed by atoms with van der Waals surface area (Å²) in [5.41, 5.74) is 0. The molecule has 18 heavy (non-hydrogen) atoms. The van der Waals surface area contributed by atoms with Gasteiger partial charge in [0, 0.05) is 25.3 Å². The molecule has 98 valence electrons. The molecule has 1 aromatic rings. The number of rotatable bonds is 3. The van der Waals surface area contributed by atoms with E-state index in [-0.39, 0.29) is 6.10 Å². The van der Waals surface area contributed by atoms with Gasteiger partial charge in [0.25, 0.3) is 0 Å². The summed E-state index contributed by atoms with van der Waals surface area (Å²) >= 11 is 0. The second-order valence-corrected chi connectivity index (χ2v) is 5.08. The molecule has 0 radical (unpaired) electrons. The molecule has 2 aliphatic rings. The lowest BCUT2D eigenvalue weighted by molar-refractivity contribution is 0.0656. The van der Waals surface area contributed by atoms with Crippen LogP contribution in [0.4, 0.5) is 0 Å². The Kier molecular flexibility index (Phi) is 3.76. The molecule has 3 rings (SSSR count). The van der Waals surface area contributed by atoms with E-state index in [0.717, 1.165) is 31.5 Å². The maximum Gasteiger partial charge on any atom is 0.138 e. The van der Waals surface area contributed by atoms with E-state index in [1.54, 1.807) is 12.4 Å². The number of nitrogens with zero attached hydrogens (tertiary/aromatic N) is 2. The minimum absolute atomic E-state index is 0.122. The van der Waals surface area contributed by atoms with Crippen LogP contribution in [0.2, 0.25) is 0 Å². The molecule has 1 atom stereocenters. The lowest BCUT2D eigenvalue weighted by Crippen LogP contribution is -2.45. The van der Waals surface area contributed by atoms with Crippen molar-refractivity contribution in [3.8, 4) is 5.75 Å². The first-order valence-corrected chi connectivity index (χ1v) is 6.80. The van der Waals surface area contributed by atoms with Crippen molar-refractivity contribution in [1.82, 2.24) is 9.88 Å². The second-order valence-electron chi connectivity index (χ2n) is 5.08. The number of hydrogen-bond donors (Lipinski definition) is 0. The normalized spacial score (nSPS) is 26.3. The first-order chi connectivity index (χ1) is 8.92. The van der Waals surface area contributed by atoms with E-state index in [2.05, 4.69) is 9.88 Å². The molecule has 2 heterocycles. The summed E-state index contributed by atoms with van der Waals surface area (Å²) in [7, 11) is 0. The van der Waals surface area contributed by atoms with Crippen molar-refractivity contribution in [1.29, 1.82) is 0 Å². The zero-order chi connectivity index (χ0) is 12.2. The van der Waals surface area contributed by atoms with Gasteiger partial charge in [-0.25, -0.2) is 0 Å². The van der Waals surface area contributed by atoms with Crippen LogP contribution in [0.5, 0.6) is 5.75 Å². The Bertz CT molecular complexity index is 367. The smallest absolute Gasteiger partial charge is 0.138 e. The highest BCUT2D eigenvalue weighted by Crippen LogP contribution is 2.26. The Hall–Kier alpha value is -1.13. The van der Waals surface area contributed by atoms with Gasteiger partial charge in [-0.1, -0.05) is 6.42 Å². The second kappa shape index (κ2) is 5.67. The molecular formula is C14H20N2O2. The summed E-state index contributed by atoms with van der Waals surface area (Å²) < 4.78 is 11.6. The summed E-state index contributed by atoms with van der Waals surface area (Å²) in [6.45, 7) is 3.51. The van der Waals surface area contributed by atoms with Crippen LogP contribution in [-0.2, 0) is 4.74 Å². The maximum atomic E-state index is 5.96. The monoisotopic (exact) mass is 248 g/mol. The molecule has 1 aliphatic heterocycles. The zero-order valence-corrected chi connectivity index (χ0v) is 10.6. The van der Waals surface area contributed by atoms with Crippen LogP contribution in [0.25, 0.3) is 0 Å². The predicted molar refractivity (Wildman–Crippen MR) is 68.7 cm³/mol. The summed E-state index contributed by atoms with van der Waals surface area (Å²) in [5.74, 6) is 0.835. The van der Waals surface area contributed by atoms with E-state index in [9.17, 15) is 0 Å². The first kappa shape index (κ1) is 11.9. The summed E-state index contributed by atoms with van der Waals surface area (Å²) in [5, 5.41) is 0. The molecule has 1 saturated heterocycles. The molecule has 0 N–H and O–H groups in total. The molecular weight excluding hydrogens is 228 g/mol. The van der Waals surface area contributed by atoms with Crippen molar-refractivity contribution in [2.45, 2.75) is 31.4 Å². The van der Waals surface area contributed by atoms with Crippen molar-refractivity contribution in [3.63, 3.8) is 0 Å². The van der Waals surface area contributed by atoms with Gasteiger partial charge >= 0.3 is 0 Å². The fourth-order valence-corrected chi connectivity index (χ4v) is 2.57. The highest BCUT2D eigenvalue weighted by Gasteiger charge is 2.29. The molecule has 0 unspecified atom stereocenters. The predicted octanol–water partition coefficient (Wildman–Crippen LogP) is 1.71. The van der Waals surface area contributed by atoms with E-state index in [1.807, 2.05) is 12.1 Å². The van der Waals surface area contributed by atoms with Crippen LogP contribution >= 0.6 is 0 Å². The average molecular weight is 248 g/mol. The summed E-state index contributed by atoms with van der Waals surface area (Å²) in [6, 6.07) is 4.61. The van der Waals surface area contributed by atoms with Gasteiger partial charge in [-0.3, -0.25) is 9.88 Å². The molecule has 1 aliphatic carbocycles. The van der Waals surface area contributed by atoms with Gasteiger partial charge in [0.15, 0.2) is 0 Å². The third kappa shape index (κ3) is 2.82. The van der Waals surface area contributed by atoms with Crippen molar-refractivity contribution < 1.29 is 9.47 Å². The number of pyridine rings is 1. The van der Waals surface area contributed by atoms with Crippen LogP contribution in [-0.4, -0.2) is 48.3 Å². The Morgan fingerprint density at radius 1 is 1.39 bits per heavy atom. The molecule has 0 amide bonds. The van der Waals surface area contributed by atoms with Crippen LogP contribution in [0.15, 0.2) is 24.5 Å². The summed E-state index contributed by atoms with van der Waals surface area (Å²) in [4.78, 5) is 6.60. The topological polar surface area (TPSA) is 34.6 Å². The molecule has 0 spiro atoms. The molecule has 1 saturated carbocycles. The highest BCUT2D eigenvalue weighted by molar-refractivity contribution is 5.16. The van der Waals surface area contributed by atoms with Gasteiger partial charge in [-0.2, -0.15) is 0 Å². The van der Waals surface area contributed by atoms with Gasteiger partial charge < -0.3 is 9.47 Å². The molecule has 0 bridgehead atoms. The fourth-order valence-electron chi connectivity index (χ4n) is 2.57. The van der Waals surface area contributed by atoms with E-state index in [4.69, 9.17) is 9.47 Å². The number of aromatic nitrogens is 1. The van der Waals surface area contributed by atoms with Gasteiger partial charge in [-0.05, 0) is 25.0 Å². The zero-order valence-electron chi connectivity index (χ0n) is 10.6. The van der Waals surface area contributed by atoms with Crippen LogP contribution in [0.1, 0.15) is 19.3 Å². The molecule has 0 aromatic carbocycles. The third-order valence-corrected chi connectivity index (χ3v) is 3.79. The van der Waals surface area contributed by atoms with Crippen molar-refractivity contribution in [2.75, 3.05) is 26.3 Å². The Morgan fingerprint density at radius 3 is 3.06 bits per heavy atom. The fraction of sp³-hybridized carbons (Fsp3) is 0.643. The third-order valence-electron chi connectivity index (χ3n) is 3.79. The van der Waals surface area contributed by atoms with Crippen LogP contribution < -0.4 is 4.74 Å². The molecule has 2 fully saturated rings. The minimum Gasteiger partial charge on any atom is -0.485 e. The van der Waals surface area contributed by atoms with Crippen LogP contribution in [0, 0.1) is 0 Å².